The Morgan fingerprint density at radius 3 is 2.47 bits per heavy atom. The number of nitrogens with one attached hydrogen (secondary N) is 2. The zero-order valence-corrected chi connectivity index (χ0v) is 11.1. The van der Waals surface area contributed by atoms with E-state index in [1.807, 2.05) is 50.4 Å². The highest BCUT2D eigenvalue weighted by molar-refractivity contribution is 5.48. The van der Waals surface area contributed by atoms with Crippen molar-refractivity contribution in [3.05, 3.63) is 47.8 Å². The van der Waals surface area contributed by atoms with Gasteiger partial charge >= 0.3 is 0 Å². The highest BCUT2D eigenvalue weighted by atomic mass is 16.3. The Hall–Kier alpha value is -2.14. The van der Waals surface area contributed by atoms with Crippen LogP contribution in [0.25, 0.3) is 0 Å². The van der Waals surface area contributed by atoms with Gasteiger partial charge in [-0.05, 0) is 12.5 Å². The van der Waals surface area contributed by atoms with E-state index in [-0.39, 0.29) is 12.6 Å². The predicted molar refractivity (Wildman–Crippen MR) is 76.2 cm³/mol. The van der Waals surface area contributed by atoms with Gasteiger partial charge in [-0.2, -0.15) is 0 Å². The van der Waals surface area contributed by atoms with E-state index in [1.165, 1.54) is 0 Å². The standard InChI is InChI=1S/C14H18N4O/c1-10-16-13(15-2)8-14(17-10)18-12(9-19)11-6-4-3-5-7-11/h3-8,12,19H,9H2,1-2H3,(H2,15,16,17,18). The Balaban J connectivity index is 2.21. The van der Waals surface area contributed by atoms with E-state index < -0.39 is 0 Å². The Bertz CT molecular complexity index is 530. The van der Waals surface area contributed by atoms with Crippen LogP contribution in [-0.2, 0) is 0 Å². The minimum Gasteiger partial charge on any atom is -0.394 e. The summed E-state index contributed by atoms with van der Waals surface area (Å²) in [5.41, 5.74) is 1.02. The van der Waals surface area contributed by atoms with Gasteiger partial charge in [0.15, 0.2) is 0 Å². The molecular formula is C14H18N4O. The Kier molecular flexibility index (Phi) is 4.30. The molecule has 1 heterocycles. The van der Waals surface area contributed by atoms with Crippen molar-refractivity contribution >= 4 is 11.6 Å². The second-order valence-corrected chi connectivity index (χ2v) is 4.23. The molecule has 1 aromatic carbocycles. The van der Waals surface area contributed by atoms with E-state index >= 15 is 0 Å². The number of aromatic nitrogens is 2. The maximum absolute atomic E-state index is 9.52. The van der Waals surface area contributed by atoms with Crippen LogP contribution in [0.5, 0.6) is 0 Å². The number of aliphatic hydroxyl groups is 1. The van der Waals surface area contributed by atoms with Crippen molar-refractivity contribution in [1.29, 1.82) is 0 Å². The molecule has 0 amide bonds. The molecule has 0 bridgehead atoms. The van der Waals surface area contributed by atoms with Crippen LogP contribution in [0.3, 0.4) is 0 Å². The quantitative estimate of drug-likeness (QED) is 0.765. The molecule has 0 fully saturated rings. The fraction of sp³-hybridized carbons (Fsp3) is 0.286. The van der Waals surface area contributed by atoms with Crippen molar-refractivity contribution < 1.29 is 5.11 Å². The molecule has 19 heavy (non-hydrogen) atoms. The normalized spacial score (nSPS) is 11.9. The first-order valence-corrected chi connectivity index (χ1v) is 6.18. The lowest BCUT2D eigenvalue weighted by Gasteiger charge is -2.18. The molecule has 0 spiro atoms. The van der Waals surface area contributed by atoms with Crippen LogP contribution >= 0.6 is 0 Å². The molecule has 1 atom stereocenters. The second kappa shape index (κ2) is 6.15. The summed E-state index contributed by atoms with van der Waals surface area (Å²) >= 11 is 0. The molecule has 0 aliphatic heterocycles. The summed E-state index contributed by atoms with van der Waals surface area (Å²) in [4.78, 5) is 8.56. The van der Waals surface area contributed by atoms with Crippen LogP contribution in [0, 0.1) is 6.92 Å². The van der Waals surface area contributed by atoms with Crippen LogP contribution in [0.4, 0.5) is 11.6 Å². The molecule has 0 radical (unpaired) electrons. The van der Waals surface area contributed by atoms with Crippen molar-refractivity contribution in [2.75, 3.05) is 24.3 Å². The van der Waals surface area contributed by atoms with Crippen LogP contribution in [0.15, 0.2) is 36.4 Å². The molecule has 1 aromatic heterocycles. The average molecular weight is 258 g/mol. The summed E-state index contributed by atoms with van der Waals surface area (Å²) < 4.78 is 0. The lowest BCUT2D eigenvalue weighted by atomic mass is 10.1. The van der Waals surface area contributed by atoms with E-state index in [0.717, 1.165) is 11.4 Å². The monoisotopic (exact) mass is 258 g/mol. The molecule has 3 N–H and O–H groups in total. The van der Waals surface area contributed by atoms with Crippen molar-refractivity contribution in [3.8, 4) is 0 Å². The molecule has 2 rings (SSSR count). The topological polar surface area (TPSA) is 70.1 Å². The summed E-state index contributed by atoms with van der Waals surface area (Å²) in [6, 6.07) is 11.4. The average Bonchev–Trinajstić information content (AvgIpc) is 2.45. The lowest BCUT2D eigenvalue weighted by Crippen LogP contribution is -2.16. The fourth-order valence-electron chi connectivity index (χ4n) is 1.87. The van der Waals surface area contributed by atoms with Crippen molar-refractivity contribution in [2.45, 2.75) is 13.0 Å². The Morgan fingerprint density at radius 1 is 1.16 bits per heavy atom. The van der Waals surface area contributed by atoms with Gasteiger partial charge in [0.2, 0.25) is 0 Å². The maximum atomic E-state index is 9.52. The highest BCUT2D eigenvalue weighted by Crippen LogP contribution is 2.19. The third-order valence-corrected chi connectivity index (χ3v) is 2.80. The molecule has 5 heteroatoms. The van der Waals surface area contributed by atoms with Crippen molar-refractivity contribution in [2.24, 2.45) is 0 Å². The fourth-order valence-corrected chi connectivity index (χ4v) is 1.87. The molecule has 5 nitrogen and oxygen atoms in total. The zero-order valence-electron chi connectivity index (χ0n) is 11.1. The number of benzene rings is 1. The van der Waals surface area contributed by atoms with Crippen LogP contribution in [0.1, 0.15) is 17.4 Å². The molecule has 0 aliphatic rings. The number of aliphatic hydroxyl groups excluding tert-OH is 1. The second-order valence-electron chi connectivity index (χ2n) is 4.23. The first-order chi connectivity index (χ1) is 9.22. The smallest absolute Gasteiger partial charge is 0.132 e. The van der Waals surface area contributed by atoms with Gasteiger partial charge < -0.3 is 15.7 Å². The van der Waals surface area contributed by atoms with E-state index in [2.05, 4.69) is 20.6 Å². The molecule has 0 saturated heterocycles. The number of hydrogen-bond donors (Lipinski definition) is 3. The summed E-state index contributed by atoms with van der Waals surface area (Å²) in [6.07, 6.45) is 0. The lowest BCUT2D eigenvalue weighted by molar-refractivity contribution is 0.276. The van der Waals surface area contributed by atoms with Crippen molar-refractivity contribution in [3.63, 3.8) is 0 Å². The molecule has 0 saturated carbocycles. The number of aryl methyl sites for hydroxylation is 1. The van der Waals surface area contributed by atoms with Gasteiger partial charge in [0, 0.05) is 13.1 Å². The SMILES string of the molecule is CNc1cc(NC(CO)c2ccccc2)nc(C)n1. The summed E-state index contributed by atoms with van der Waals surface area (Å²) in [5, 5.41) is 15.7. The van der Waals surface area contributed by atoms with Gasteiger partial charge in [-0.25, -0.2) is 9.97 Å². The van der Waals surface area contributed by atoms with Crippen LogP contribution in [-0.4, -0.2) is 28.7 Å². The largest absolute Gasteiger partial charge is 0.394 e. The highest BCUT2D eigenvalue weighted by Gasteiger charge is 2.11. The third kappa shape index (κ3) is 3.42. The molecule has 2 aromatic rings. The zero-order chi connectivity index (χ0) is 13.7. The first-order valence-electron chi connectivity index (χ1n) is 6.18. The summed E-state index contributed by atoms with van der Waals surface area (Å²) in [6.45, 7) is 1.84. The minimum atomic E-state index is -0.180. The van der Waals surface area contributed by atoms with E-state index in [1.54, 1.807) is 0 Å². The van der Waals surface area contributed by atoms with Crippen LogP contribution < -0.4 is 10.6 Å². The summed E-state index contributed by atoms with van der Waals surface area (Å²) in [5.74, 6) is 2.12. The first kappa shape index (κ1) is 13.3. The minimum absolute atomic E-state index is 0.00194. The van der Waals surface area contributed by atoms with Gasteiger partial charge in [0.1, 0.15) is 17.5 Å². The number of rotatable bonds is 5. The number of nitrogens with zero attached hydrogens (tertiary/aromatic N) is 2. The molecule has 0 aliphatic carbocycles. The Morgan fingerprint density at radius 2 is 1.84 bits per heavy atom. The van der Waals surface area contributed by atoms with E-state index in [4.69, 9.17) is 0 Å². The van der Waals surface area contributed by atoms with Crippen LogP contribution in [0.2, 0.25) is 0 Å². The van der Waals surface area contributed by atoms with Gasteiger partial charge in [0.25, 0.3) is 0 Å². The van der Waals surface area contributed by atoms with E-state index in [0.29, 0.717) is 11.6 Å². The maximum Gasteiger partial charge on any atom is 0.132 e. The van der Waals surface area contributed by atoms with Crippen molar-refractivity contribution in [1.82, 2.24) is 9.97 Å². The molecule has 100 valence electrons. The van der Waals surface area contributed by atoms with E-state index in [9.17, 15) is 5.11 Å². The Labute approximate surface area is 112 Å². The number of anilines is 2. The molecular weight excluding hydrogens is 240 g/mol. The third-order valence-electron chi connectivity index (χ3n) is 2.80. The van der Waals surface area contributed by atoms with Gasteiger partial charge in [-0.15, -0.1) is 0 Å². The van der Waals surface area contributed by atoms with Gasteiger partial charge in [-0.1, -0.05) is 30.3 Å². The molecule has 1 unspecified atom stereocenters. The predicted octanol–water partition coefficient (Wildman–Crippen LogP) is 1.97. The van der Waals surface area contributed by atoms with Gasteiger partial charge in [-0.3, -0.25) is 0 Å². The number of hydrogen-bond acceptors (Lipinski definition) is 5. The summed E-state index contributed by atoms with van der Waals surface area (Å²) in [7, 11) is 1.81. The van der Waals surface area contributed by atoms with Gasteiger partial charge in [0.05, 0.1) is 12.6 Å².